The molecular weight excluding hydrogens is 289 g/mol. The molecule has 0 aliphatic rings. The molecule has 0 fully saturated rings. The molecule has 0 aliphatic carbocycles. The molecule has 2 aromatic rings. The maximum atomic E-state index is 13.3. The number of nitrogens with one attached hydrogen (secondary N) is 1. The molecule has 0 bridgehead atoms. The highest BCUT2D eigenvalue weighted by molar-refractivity contribution is 5.77. The Balaban J connectivity index is 1.84. The summed E-state index contributed by atoms with van der Waals surface area (Å²) in [7, 11) is 0. The van der Waals surface area contributed by atoms with E-state index in [0.29, 0.717) is 11.5 Å². The first-order valence-corrected chi connectivity index (χ1v) is 6.82. The number of aliphatic hydroxyl groups is 1. The van der Waals surface area contributed by atoms with Crippen molar-refractivity contribution >= 4 is 5.91 Å². The number of carbonyl (C=O) groups excluding carboxylic acids is 1. The van der Waals surface area contributed by atoms with Gasteiger partial charge in [-0.1, -0.05) is 12.1 Å². The summed E-state index contributed by atoms with van der Waals surface area (Å²) in [6.45, 7) is 2.91. The summed E-state index contributed by atoms with van der Waals surface area (Å²) >= 11 is 0. The number of halogens is 1. The second-order valence-electron chi connectivity index (χ2n) is 5.18. The van der Waals surface area contributed by atoms with E-state index < -0.39 is 17.3 Å². The van der Waals surface area contributed by atoms with E-state index in [9.17, 15) is 14.3 Å². The third-order valence-electron chi connectivity index (χ3n) is 3.10. The van der Waals surface area contributed by atoms with Crippen molar-refractivity contribution in [1.29, 1.82) is 0 Å². The summed E-state index contributed by atoms with van der Waals surface area (Å²) in [6.07, 6.45) is 0. The van der Waals surface area contributed by atoms with Crippen LogP contribution in [0.5, 0.6) is 5.75 Å². The van der Waals surface area contributed by atoms with Gasteiger partial charge < -0.3 is 19.6 Å². The lowest BCUT2D eigenvalue weighted by atomic mass is 10.0. The highest BCUT2D eigenvalue weighted by Gasteiger charge is 2.27. The summed E-state index contributed by atoms with van der Waals surface area (Å²) in [5.74, 6) is 0.0380. The first-order valence-electron chi connectivity index (χ1n) is 6.82. The van der Waals surface area contributed by atoms with E-state index >= 15 is 0 Å². The third kappa shape index (κ3) is 4.08. The van der Waals surface area contributed by atoms with Crippen molar-refractivity contribution in [3.63, 3.8) is 0 Å². The molecule has 1 aromatic carbocycles. The molecule has 6 heteroatoms. The Morgan fingerprint density at radius 3 is 2.73 bits per heavy atom. The molecular formula is C16H18FNO4. The second kappa shape index (κ2) is 6.62. The largest absolute Gasteiger partial charge is 0.481 e. The van der Waals surface area contributed by atoms with E-state index in [1.807, 2.05) is 0 Å². The number of benzene rings is 1. The number of carbonyl (C=O) groups is 1. The van der Waals surface area contributed by atoms with Crippen LogP contribution in [0.4, 0.5) is 4.39 Å². The lowest BCUT2D eigenvalue weighted by molar-refractivity contribution is -0.124. The third-order valence-corrected chi connectivity index (χ3v) is 3.10. The standard InChI is InChI=1S/C16H18FNO4/c1-11-7-8-14(22-11)16(2,20)10-18-15(19)9-21-13-6-4-3-5-12(13)17/h3-8,20H,9-10H2,1-2H3,(H,18,19). The van der Waals surface area contributed by atoms with Crippen molar-refractivity contribution in [2.24, 2.45) is 0 Å². The van der Waals surface area contributed by atoms with Crippen LogP contribution in [0, 0.1) is 12.7 Å². The van der Waals surface area contributed by atoms with Crippen molar-refractivity contribution in [3.8, 4) is 5.75 Å². The molecule has 0 saturated heterocycles. The van der Waals surface area contributed by atoms with Gasteiger partial charge in [0.25, 0.3) is 5.91 Å². The van der Waals surface area contributed by atoms with Gasteiger partial charge in [0, 0.05) is 0 Å². The predicted octanol–water partition coefficient (Wildman–Crippen LogP) is 2.13. The van der Waals surface area contributed by atoms with Crippen LogP contribution in [0.3, 0.4) is 0 Å². The number of hydrogen-bond donors (Lipinski definition) is 2. The van der Waals surface area contributed by atoms with Gasteiger partial charge in [-0.15, -0.1) is 0 Å². The Labute approximate surface area is 127 Å². The zero-order chi connectivity index (χ0) is 16.2. The van der Waals surface area contributed by atoms with E-state index in [4.69, 9.17) is 9.15 Å². The second-order valence-corrected chi connectivity index (χ2v) is 5.18. The van der Waals surface area contributed by atoms with Crippen molar-refractivity contribution in [3.05, 3.63) is 53.7 Å². The number of ether oxygens (including phenoxy) is 1. The molecule has 0 radical (unpaired) electrons. The van der Waals surface area contributed by atoms with Gasteiger partial charge in [0.2, 0.25) is 0 Å². The van der Waals surface area contributed by atoms with Crippen LogP contribution in [0.25, 0.3) is 0 Å². The van der Waals surface area contributed by atoms with Gasteiger partial charge in [-0.05, 0) is 38.1 Å². The van der Waals surface area contributed by atoms with Gasteiger partial charge >= 0.3 is 0 Å². The maximum Gasteiger partial charge on any atom is 0.258 e. The Kier molecular flexibility index (Phi) is 4.82. The summed E-state index contributed by atoms with van der Waals surface area (Å²) in [6, 6.07) is 9.21. The summed E-state index contributed by atoms with van der Waals surface area (Å²) in [4.78, 5) is 11.7. The normalized spacial score (nSPS) is 13.5. The SMILES string of the molecule is Cc1ccc(C(C)(O)CNC(=O)COc2ccccc2F)o1. The van der Waals surface area contributed by atoms with Gasteiger partial charge in [-0.25, -0.2) is 4.39 Å². The first-order chi connectivity index (χ1) is 10.4. The molecule has 2 N–H and O–H groups in total. The van der Waals surface area contributed by atoms with E-state index in [1.54, 1.807) is 25.1 Å². The fourth-order valence-corrected chi connectivity index (χ4v) is 1.84. The van der Waals surface area contributed by atoms with Gasteiger partial charge in [0.1, 0.15) is 17.1 Å². The fourth-order valence-electron chi connectivity index (χ4n) is 1.84. The number of rotatable bonds is 6. The van der Waals surface area contributed by atoms with E-state index in [1.165, 1.54) is 25.1 Å². The molecule has 22 heavy (non-hydrogen) atoms. The average Bonchev–Trinajstić information content (AvgIpc) is 2.92. The van der Waals surface area contributed by atoms with Crippen molar-refractivity contribution in [2.75, 3.05) is 13.2 Å². The minimum Gasteiger partial charge on any atom is -0.481 e. The Bertz CT molecular complexity index is 651. The van der Waals surface area contributed by atoms with E-state index in [-0.39, 0.29) is 18.9 Å². The summed E-state index contributed by atoms with van der Waals surface area (Å²) < 4.78 is 23.8. The Morgan fingerprint density at radius 2 is 2.09 bits per heavy atom. The van der Waals surface area contributed by atoms with Crippen LogP contribution >= 0.6 is 0 Å². The Hall–Kier alpha value is -2.34. The van der Waals surface area contributed by atoms with E-state index in [0.717, 1.165) is 0 Å². The quantitative estimate of drug-likeness (QED) is 0.857. The monoisotopic (exact) mass is 307 g/mol. The highest BCUT2D eigenvalue weighted by atomic mass is 19.1. The predicted molar refractivity (Wildman–Crippen MR) is 77.9 cm³/mol. The van der Waals surface area contributed by atoms with Crippen molar-refractivity contribution in [1.82, 2.24) is 5.32 Å². The Morgan fingerprint density at radius 1 is 1.36 bits per heavy atom. The number of furan rings is 1. The van der Waals surface area contributed by atoms with Gasteiger partial charge in [0.05, 0.1) is 6.54 Å². The van der Waals surface area contributed by atoms with Crippen LogP contribution in [0.2, 0.25) is 0 Å². The minimum atomic E-state index is -1.33. The smallest absolute Gasteiger partial charge is 0.258 e. The maximum absolute atomic E-state index is 13.3. The van der Waals surface area contributed by atoms with Crippen LogP contribution < -0.4 is 10.1 Å². The molecule has 1 amide bonds. The molecule has 1 atom stereocenters. The molecule has 2 rings (SSSR count). The summed E-state index contributed by atoms with van der Waals surface area (Å²) in [5.41, 5.74) is -1.33. The molecule has 118 valence electrons. The lowest BCUT2D eigenvalue weighted by Crippen LogP contribution is -2.40. The number of hydrogen-bond acceptors (Lipinski definition) is 4. The zero-order valence-electron chi connectivity index (χ0n) is 12.4. The topological polar surface area (TPSA) is 71.7 Å². The zero-order valence-corrected chi connectivity index (χ0v) is 12.4. The lowest BCUT2D eigenvalue weighted by Gasteiger charge is -2.21. The minimum absolute atomic E-state index is 0.00562. The highest BCUT2D eigenvalue weighted by Crippen LogP contribution is 2.22. The van der Waals surface area contributed by atoms with Gasteiger partial charge in [0.15, 0.2) is 18.2 Å². The molecule has 0 saturated carbocycles. The van der Waals surface area contributed by atoms with Crippen LogP contribution in [0.1, 0.15) is 18.4 Å². The number of para-hydroxylation sites is 1. The van der Waals surface area contributed by atoms with Gasteiger partial charge in [-0.3, -0.25) is 4.79 Å². The molecule has 5 nitrogen and oxygen atoms in total. The molecule has 1 heterocycles. The van der Waals surface area contributed by atoms with Crippen LogP contribution in [-0.4, -0.2) is 24.2 Å². The summed E-state index contributed by atoms with van der Waals surface area (Å²) in [5, 5.41) is 12.8. The molecule has 0 spiro atoms. The van der Waals surface area contributed by atoms with Crippen LogP contribution in [0.15, 0.2) is 40.8 Å². The first kappa shape index (κ1) is 16.0. The fraction of sp³-hybridized carbons (Fsp3) is 0.312. The number of amides is 1. The van der Waals surface area contributed by atoms with Crippen molar-refractivity contribution < 1.29 is 23.4 Å². The molecule has 1 unspecified atom stereocenters. The van der Waals surface area contributed by atoms with Crippen LogP contribution in [-0.2, 0) is 10.4 Å². The van der Waals surface area contributed by atoms with Gasteiger partial charge in [-0.2, -0.15) is 0 Å². The number of aryl methyl sites for hydroxylation is 1. The average molecular weight is 307 g/mol. The van der Waals surface area contributed by atoms with Crippen molar-refractivity contribution in [2.45, 2.75) is 19.4 Å². The molecule has 0 aliphatic heterocycles. The van der Waals surface area contributed by atoms with E-state index in [2.05, 4.69) is 5.32 Å². The molecule has 1 aromatic heterocycles.